The lowest BCUT2D eigenvalue weighted by Gasteiger charge is -2.15. The van der Waals surface area contributed by atoms with Crippen LogP contribution >= 0.6 is 0 Å². The quantitative estimate of drug-likeness (QED) is 0.738. The molecule has 0 fully saturated rings. The molecule has 6 heteroatoms. The molecule has 1 N–H and O–H groups in total. The Hall–Kier alpha value is -3.28. The van der Waals surface area contributed by atoms with Crippen molar-refractivity contribution in [3.63, 3.8) is 0 Å². The predicted octanol–water partition coefficient (Wildman–Crippen LogP) is 3.51. The molecule has 0 unspecified atom stereocenters. The van der Waals surface area contributed by atoms with E-state index in [1.807, 2.05) is 6.07 Å². The van der Waals surface area contributed by atoms with Crippen molar-refractivity contribution in [1.29, 1.82) is 0 Å². The van der Waals surface area contributed by atoms with Crippen LogP contribution in [0.5, 0.6) is 0 Å². The van der Waals surface area contributed by atoms with Gasteiger partial charge in [-0.3, -0.25) is 14.8 Å². The first kappa shape index (κ1) is 16.6. The van der Waals surface area contributed by atoms with Crippen molar-refractivity contribution in [2.24, 2.45) is 0 Å². The minimum Gasteiger partial charge on any atom is -0.454 e. The minimum absolute atomic E-state index is 0.155. The van der Waals surface area contributed by atoms with E-state index in [4.69, 9.17) is 4.74 Å². The average Bonchev–Trinajstić information content (AvgIpc) is 2.60. The van der Waals surface area contributed by atoms with Crippen molar-refractivity contribution in [2.45, 2.75) is 20.0 Å². The fraction of sp³-hybridized carbons (Fsp3) is 0.158. The molecule has 0 aliphatic carbocycles. The number of carbonyl (C=O) groups is 2. The molecule has 0 aliphatic rings. The number of esters is 1. The molecule has 1 atom stereocenters. The number of pyridine rings is 2. The van der Waals surface area contributed by atoms with Gasteiger partial charge >= 0.3 is 5.97 Å². The zero-order valence-electron chi connectivity index (χ0n) is 13.9. The number of nitrogens with one attached hydrogen (secondary N) is 1. The Labute approximate surface area is 144 Å². The highest BCUT2D eigenvalue weighted by atomic mass is 16.5. The number of amides is 1. The zero-order valence-corrected chi connectivity index (χ0v) is 13.9. The summed E-state index contributed by atoms with van der Waals surface area (Å²) < 4.78 is 5.58. The molecule has 0 radical (unpaired) electrons. The van der Waals surface area contributed by atoms with Crippen LogP contribution in [-0.2, 0) is 9.53 Å². The smallest absolute Gasteiger partial charge is 0.339 e. The van der Waals surface area contributed by atoms with Crippen LogP contribution in [-0.4, -0.2) is 21.8 Å². The third kappa shape index (κ3) is 3.80. The zero-order chi connectivity index (χ0) is 17.8. The number of fused-ring (bicyclic) bond motifs is 1. The summed E-state index contributed by atoms with van der Waals surface area (Å²) in [7, 11) is 0. The summed E-state index contributed by atoms with van der Waals surface area (Å²) in [5.41, 5.74) is 2.55. The van der Waals surface area contributed by atoms with Crippen LogP contribution in [0, 0.1) is 0 Å². The van der Waals surface area contributed by atoms with Gasteiger partial charge in [0.1, 0.15) is 6.10 Å². The Morgan fingerprint density at radius 1 is 1.16 bits per heavy atom. The topological polar surface area (TPSA) is 81.2 Å². The molecule has 3 rings (SSSR count). The molecule has 0 aliphatic heterocycles. The van der Waals surface area contributed by atoms with E-state index in [9.17, 15) is 9.59 Å². The number of hydrogen-bond donors (Lipinski definition) is 1. The molecule has 25 heavy (non-hydrogen) atoms. The van der Waals surface area contributed by atoms with Crippen molar-refractivity contribution in [1.82, 2.24) is 9.97 Å². The Kier molecular flexibility index (Phi) is 4.70. The van der Waals surface area contributed by atoms with Gasteiger partial charge in [-0.25, -0.2) is 4.79 Å². The molecule has 3 aromatic rings. The van der Waals surface area contributed by atoms with Crippen molar-refractivity contribution in [3.05, 3.63) is 66.1 Å². The number of carbonyl (C=O) groups excluding carboxylic acids is 2. The number of ether oxygens (including phenoxy) is 1. The highest BCUT2D eigenvalue weighted by Gasteiger charge is 2.17. The van der Waals surface area contributed by atoms with E-state index >= 15 is 0 Å². The van der Waals surface area contributed by atoms with Gasteiger partial charge in [-0.1, -0.05) is 12.1 Å². The highest BCUT2D eigenvalue weighted by Crippen LogP contribution is 2.23. The summed E-state index contributed by atoms with van der Waals surface area (Å²) in [6.45, 7) is 3.23. The largest absolute Gasteiger partial charge is 0.454 e. The molecule has 0 saturated heterocycles. The highest BCUT2D eigenvalue weighted by molar-refractivity contribution is 6.02. The van der Waals surface area contributed by atoms with Gasteiger partial charge in [0.2, 0.25) is 5.91 Å². The second-order valence-electron chi connectivity index (χ2n) is 5.61. The van der Waals surface area contributed by atoms with Gasteiger partial charge in [0.15, 0.2) is 0 Å². The van der Waals surface area contributed by atoms with Crippen molar-refractivity contribution < 1.29 is 14.3 Å². The summed E-state index contributed by atoms with van der Waals surface area (Å²) in [6.07, 6.45) is 4.32. The SMILES string of the molecule is CC(=O)Nc1cccc([C@H](C)OC(=O)c2ccnc3ccncc23)c1. The Balaban J connectivity index is 1.81. The second-order valence-corrected chi connectivity index (χ2v) is 5.61. The fourth-order valence-corrected chi connectivity index (χ4v) is 2.53. The van der Waals surface area contributed by atoms with Crippen LogP contribution in [0.2, 0.25) is 0 Å². The van der Waals surface area contributed by atoms with E-state index < -0.39 is 12.1 Å². The van der Waals surface area contributed by atoms with Crippen LogP contribution < -0.4 is 5.32 Å². The van der Waals surface area contributed by atoms with Gasteiger partial charge in [0.25, 0.3) is 0 Å². The van der Waals surface area contributed by atoms with E-state index in [0.29, 0.717) is 22.2 Å². The van der Waals surface area contributed by atoms with Crippen LogP contribution in [0.25, 0.3) is 10.9 Å². The third-order valence-electron chi connectivity index (χ3n) is 3.72. The van der Waals surface area contributed by atoms with E-state index in [1.54, 1.807) is 55.8 Å². The van der Waals surface area contributed by atoms with E-state index in [-0.39, 0.29) is 5.91 Å². The summed E-state index contributed by atoms with van der Waals surface area (Å²) in [5, 5.41) is 3.36. The van der Waals surface area contributed by atoms with Gasteiger partial charge in [0.05, 0.1) is 11.1 Å². The van der Waals surface area contributed by atoms with Gasteiger partial charge in [-0.15, -0.1) is 0 Å². The standard InChI is InChI=1S/C19H17N3O3/c1-12(14-4-3-5-15(10-14)22-13(2)23)25-19(24)16-6-9-21-18-7-8-20-11-17(16)18/h3-12H,1-2H3,(H,22,23)/t12-/m0/s1. The molecule has 0 bridgehead atoms. The molecule has 1 amide bonds. The summed E-state index contributed by atoms with van der Waals surface area (Å²) in [4.78, 5) is 32.0. The summed E-state index contributed by atoms with van der Waals surface area (Å²) in [6, 6.07) is 10.6. The van der Waals surface area contributed by atoms with E-state index in [1.165, 1.54) is 6.92 Å². The minimum atomic E-state index is -0.471. The molecule has 2 aromatic heterocycles. The Bertz CT molecular complexity index is 935. The van der Waals surface area contributed by atoms with Gasteiger partial charge in [-0.05, 0) is 36.8 Å². The number of nitrogens with zero attached hydrogens (tertiary/aromatic N) is 2. The number of rotatable bonds is 4. The van der Waals surface area contributed by atoms with Crippen molar-refractivity contribution in [2.75, 3.05) is 5.32 Å². The molecule has 126 valence electrons. The summed E-state index contributed by atoms with van der Waals surface area (Å²) >= 11 is 0. The molecular weight excluding hydrogens is 318 g/mol. The number of benzene rings is 1. The summed E-state index contributed by atoms with van der Waals surface area (Å²) in [5.74, 6) is -0.601. The molecular formula is C19H17N3O3. The maximum Gasteiger partial charge on any atom is 0.339 e. The normalized spacial score (nSPS) is 11.8. The first-order chi connectivity index (χ1) is 12.0. The first-order valence-electron chi connectivity index (χ1n) is 7.82. The lowest BCUT2D eigenvalue weighted by Crippen LogP contribution is -2.11. The monoisotopic (exact) mass is 335 g/mol. The first-order valence-corrected chi connectivity index (χ1v) is 7.82. The molecule has 0 saturated carbocycles. The van der Waals surface area contributed by atoms with Gasteiger partial charge in [-0.2, -0.15) is 0 Å². The van der Waals surface area contributed by atoms with Crippen molar-refractivity contribution in [3.8, 4) is 0 Å². The van der Waals surface area contributed by atoms with Crippen LogP contribution in [0.3, 0.4) is 0 Å². The fourth-order valence-electron chi connectivity index (χ4n) is 2.53. The molecule has 1 aromatic carbocycles. The number of hydrogen-bond acceptors (Lipinski definition) is 5. The molecule has 6 nitrogen and oxygen atoms in total. The van der Waals surface area contributed by atoms with Gasteiger partial charge < -0.3 is 10.1 Å². The second kappa shape index (κ2) is 7.09. The van der Waals surface area contributed by atoms with E-state index in [2.05, 4.69) is 15.3 Å². The number of aromatic nitrogens is 2. The molecule has 2 heterocycles. The predicted molar refractivity (Wildman–Crippen MR) is 94.1 cm³/mol. The lowest BCUT2D eigenvalue weighted by molar-refractivity contribution is -0.114. The maximum absolute atomic E-state index is 12.6. The van der Waals surface area contributed by atoms with Crippen LogP contribution in [0.4, 0.5) is 5.69 Å². The lowest BCUT2D eigenvalue weighted by atomic mass is 10.1. The van der Waals surface area contributed by atoms with E-state index in [0.717, 1.165) is 5.56 Å². The van der Waals surface area contributed by atoms with Crippen LogP contribution in [0.1, 0.15) is 35.9 Å². The average molecular weight is 335 g/mol. The Morgan fingerprint density at radius 3 is 2.80 bits per heavy atom. The number of anilines is 1. The maximum atomic E-state index is 12.6. The van der Waals surface area contributed by atoms with Crippen LogP contribution in [0.15, 0.2) is 55.0 Å². The molecule has 0 spiro atoms. The third-order valence-corrected chi connectivity index (χ3v) is 3.72. The van der Waals surface area contributed by atoms with Gasteiger partial charge in [0, 0.05) is 36.6 Å². The Morgan fingerprint density at radius 2 is 2.00 bits per heavy atom. The van der Waals surface area contributed by atoms with Crippen molar-refractivity contribution >= 4 is 28.5 Å².